The molecule has 0 aliphatic heterocycles. The minimum atomic E-state index is 0.414. The maximum absolute atomic E-state index is 5.51. The SMILES string of the molecule is CCCC[C@H](Cc1ccccc1)NN. The average molecular weight is 192 g/mol. The van der Waals surface area contributed by atoms with E-state index in [0.29, 0.717) is 6.04 Å². The van der Waals surface area contributed by atoms with E-state index in [0.717, 1.165) is 12.8 Å². The lowest BCUT2D eigenvalue weighted by Gasteiger charge is -2.15. The fraction of sp³-hybridized carbons (Fsp3) is 0.500. The van der Waals surface area contributed by atoms with Gasteiger partial charge in [0.05, 0.1) is 0 Å². The van der Waals surface area contributed by atoms with E-state index in [2.05, 4.69) is 36.6 Å². The monoisotopic (exact) mass is 192 g/mol. The second-order valence-corrected chi connectivity index (χ2v) is 3.70. The predicted molar refractivity (Wildman–Crippen MR) is 60.8 cm³/mol. The van der Waals surface area contributed by atoms with Crippen LogP contribution in [0.3, 0.4) is 0 Å². The summed E-state index contributed by atoms with van der Waals surface area (Å²) in [6.45, 7) is 2.20. The molecule has 0 fully saturated rings. The molecular formula is C12H20N2. The van der Waals surface area contributed by atoms with Gasteiger partial charge in [-0.05, 0) is 18.4 Å². The van der Waals surface area contributed by atoms with E-state index in [9.17, 15) is 0 Å². The molecule has 0 radical (unpaired) electrons. The van der Waals surface area contributed by atoms with Crippen molar-refractivity contribution in [2.45, 2.75) is 38.6 Å². The van der Waals surface area contributed by atoms with E-state index in [1.807, 2.05) is 6.07 Å². The number of hydrazine groups is 1. The fourth-order valence-corrected chi connectivity index (χ4v) is 1.59. The van der Waals surface area contributed by atoms with E-state index in [1.54, 1.807) is 0 Å². The standard InChI is InChI=1S/C12H20N2/c1-2-3-9-12(14-13)10-11-7-5-4-6-8-11/h4-8,12,14H,2-3,9-10,13H2,1H3/t12-/m1/s1. The Morgan fingerprint density at radius 2 is 2.00 bits per heavy atom. The molecule has 1 aromatic carbocycles. The number of benzene rings is 1. The van der Waals surface area contributed by atoms with Gasteiger partial charge in [-0.3, -0.25) is 11.3 Å². The van der Waals surface area contributed by atoms with Crippen LogP contribution in [0.1, 0.15) is 31.7 Å². The van der Waals surface area contributed by atoms with E-state index >= 15 is 0 Å². The summed E-state index contributed by atoms with van der Waals surface area (Å²) in [6, 6.07) is 10.9. The van der Waals surface area contributed by atoms with Gasteiger partial charge in [0, 0.05) is 6.04 Å². The molecule has 0 aliphatic rings. The second-order valence-electron chi connectivity index (χ2n) is 3.70. The third kappa shape index (κ3) is 3.90. The molecule has 14 heavy (non-hydrogen) atoms. The summed E-state index contributed by atoms with van der Waals surface area (Å²) in [7, 11) is 0. The number of nitrogens with one attached hydrogen (secondary N) is 1. The van der Waals surface area contributed by atoms with Crippen LogP contribution in [0.5, 0.6) is 0 Å². The van der Waals surface area contributed by atoms with Crippen LogP contribution in [0.25, 0.3) is 0 Å². The summed E-state index contributed by atoms with van der Waals surface area (Å²) < 4.78 is 0. The smallest absolute Gasteiger partial charge is 0.0250 e. The van der Waals surface area contributed by atoms with Crippen molar-refractivity contribution >= 4 is 0 Å². The van der Waals surface area contributed by atoms with Crippen LogP contribution >= 0.6 is 0 Å². The van der Waals surface area contributed by atoms with Crippen molar-refractivity contribution in [3.63, 3.8) is 0 Å². The van der Waals surface area contributed by atoms with Gasteiger partial charge in [0.15, 0.2) is 0 Å². The van der Waals surface area contributed by atoms with Crippen molar-refractivity contribution in [3.8, 4) is 0 Å². The highest BCUT2D eigenvalue weighted by Gasteiger charge is 2.05. The molecule has 0 bridgehead atoms. The van der Waals surface area contributed by atoms with Gasteiger partial charge in [-0.1, -0.05) is 50.1 Å². The zero-order valence-electron chi connectivity index (χ0n) is 8.87. The van der Waals surface area contributed by atoms with Gasteiger partial charge in [0.2, 0.25) is 0 Å². The van der Waals surface area contributed by atoms with Crippen molar-refractivity contribution < 1.29 is 0 Å². The molecule has 0 saturated carbocycles. The van der Waals surface area contributed by atoms with Crippen molar-refractivity contribution in [3.05, 3.63) is 35.9 Å². The quantitative estimate of drug-likeness (QED) is 0.536. The summed E-state index contributed by atoms with van der Waals surface area (Å²) in [4.78, 5) is 0. The van der Waals surface area contributed by atoms with Crippen molar-refractivity contribution in [1.29, 1.82) is 0 Å². The Morgan fingerprint density at radius 1 is 1.29 bits per heavy atom. The molecule has 1 rings (SSSR count). The molecule has 1 atom stereocenters. The Hall–Kier alpha value is -0.860. The summed E-state index contributed by atoms with van der Waals surface area (Å²) in [5.74, 6) is 5.51. The van der Waals surface area contributed by atoms with Gasteiger partial charge in [-0.15, -0.1) is 0 Å². The summed E-state index contributed by atoms with van der Waals surface area (Å²) in [6.07, 6.45) is 4.65. The first-order valence-electron chi connectivity index (χ1n) is 5.37. The highest BCUT2D eigenvalue weighted by molar-refractivity contribution is 5.15. The number of unbranched alkanes of at least 4 members (excludes halogenated alkanes) is 1. The Morgan fingerprint density at radius 3 is 2.57 bits per heavy atom. The summed E-state index contributed by atoms with van der Waals surface area (Å²) in [5, 5.41) is 0. The first-order valence-corrected chi connectivity index (χ1v) is 5.37. The summed E-state index contributed by atoms with van der Waals surface area (Å²) in [5.41, 5.74) is 4.24. The normalized spacial score (nSPS) is 12.7. The van der Waals surface area contributed by atoms with Crippen LogP contribution in [-0.4, -0.2) is 6.04 Å². The molecular weight excluding hydrogens is 172 g/mol. The largest absolute Gasteiger partial charge is 0.271 e. The van der Waals surface area contributed by atoms with E-state index in [1.165, 1.54) is 18.4 Å². The third-order valence-electron chi connectivity index (χ3n) is 2.47. The highest BCUT2D eigenvalue weighted by atomic mass is 15.2. The lowest BCUT2D eigenvalue weighted by atomic mass is 10.0. The van der Waals surface area contributed by atoms with Crippen LogP contribution in [-0.2, 0) is 6.42 Å². The van der Waals surface area contributed by atoms with Gasteiger partial charge >= 0.3 is 0 Å². The lowest BCUT2D eigenvalue weighted by molar-refractivity contribution is 0.473. The third-order valence-corrected chi connectivity index (χ3v) is 2.47. The number of nitrogens with two attached hydrogens (primary N) is 1. The lowest BCUT2D eigenvalue weighted by Crippen LogP contribution is -2.36. The maximum atomic E-state index is 5.51. The number of rotatable bonds is 6. The molecule has 3 N–H and O–H groups in total. The van der Waals surface area contributed by atoms with Crippen molar-refractivity contribution in [2.75, 3.05) is 0 Å². The van der Waals surface area contributed by atoms with Crippen LogP contribution in [0.2, 0.25) is 0 Å². The molecule has 0 heterocycles. The van der Waals surface area contributed by atoms with E-state index < -0.39 is 0 Å². The number of hydrogen-bond acceptors (Lipinski definition) is 2. The molecule has 0 amide bonds. The number of hydrogen-bond donors (Lipinski definition) is 2. The van der Waals surface area contributed by atoms with Crippen molar-refractivity contribution in [1.82, 2.24) is 5.43 Å². The zero-order chi connectivity index (χ0) is 10.2. The maximum Gasteiger partial charge on any atom is 0.0250 e. The van der Waals surface area contributed by atoms with Crippen LogP contribution in [0.4, 0.5) is 0 Å². The first-order chi connectivity index (χ1) is 6.86. The Balaban J connectivity index is 2.40. The molecule has 2 heteroatoms. The zero-order valence-corrected chi connectivity index (χ0v) is 8.87. The first kappa shape index (κ1) is 11.2. The predicted octanol–water partition coefficient (Wildman–Crippen LogP) is 2.25. The van der Waals surface area contributed by atoms with Crippen molar-refractivity contribution in [2.24, 2.45) is 5.84 Å². The van der Waals surface area contributed by atoms with Gasteiger partial charge in [-0.2, -0.15) is 0 Å². The summed E-state index contributed by atoms with van der Waals surface area (Å²) >= 11 is 0. The molecule has 0 aromatic heterocycles. The topological polar surface area (TPSA) is 38.0 Å². The van der Waals surface area contributed by atoms with Crippen LogP contribution < -0.4 is 11.3 Å². The average Bonchev–Trinajstić information content (AvgIpc) is 2.25. The Kier molecular flexibility index (Phi) is 5.27. The Bertz CT molecular complexity index is 233. The van der Waals surface area contributed by atoms with Crippen LogP contribution in [0, 0.1) is 0 Å². The van der Waals surface area contributed by atoms with Gasteiger partial charge in [-0.25, -0.2) is 0 Å². The fourth-order valence-electron chi connectivity index (χ4n) is 1.59. The molecule has 78 valence electrons. The van der Waals surface area contributed by atoms with E-state index in [-0.39, 0.29) is 0 Å². The minimum absolute atomic E-state index is 0.414. The second kappa shape index (κ2) is 6.57. The molecule has 2 nitrogen and oxygen atoms in total. The van der Waals surface area contributed by atoms with Gasteiger partial charge in [0.25, 0.3) is 0 Å². The van der Waals surface area contributed by atoms with Gasteiger partial charge < -0.3 is 0 Å². The molecule has 0 spiro atoms. The van der Waals surface area contributed by atoms with E-state index in [4.69, 9.17) is 5.84 Å². The highest BCUT2D eigenvalue weighted by Crippen LogP contribution is 2.07. The van der Waals surface area contributed by atoms with Crippen LogP contribution in [0.15, 0.2) is 30.3 Å². The van der Waals surface area contributed by atoms with Gasteiger partial charge in [0.1, 0.15) is 0 Å². The molecule has 0 aliphatic carbocycles. The minimum Gasteiger partial charge on any atom is -0.271 e. The molecule has 1 aromatic rings. The molecule has 0 unspecified atom stereocenters. The Labute approximate surface area is 86.5 Å². The molecule has 0 saturated heterocycles.